The molecule has 0 saturated carbocycles. The number of hydrogen-bond acceptors (Lipinski definition) is 3. The minimum Gasteiger partial charge on any atom is -0.331 e. The van der Waals surface area contributed by atoms with Crippen molar-refractivity contribution in [2.75, 3.05) is 13.1 Å². The van der Waals surface area contributed by atoms with Crippen LogP contribution < -0.4 is 11.2 Å². The van der Waals surface area contributed by atoms with E-state index in [1.807, 2.05) is 37.4 Å². The Morgan fingerprint density at radius 2 is 1.82 bits per heavy atom. The SMILES string of the molecule is CCN(CC)C(CCC(C)N)n1ccc(=O)c2ccccc21. The van der Waals surface area contributed by atoms with Gasteiger partial charge in [0.15, 0.2) is 5.43 Å². The molecular weight excluding hydrogens is 274 g/mol. The van der Waals surface area contributed by atoms with Crippen molar-refractivity contribution < 1.29 is 0 Å². The van der Waals surface area contributed by atoms with Gasteiger partial charge >= 0.3 is 0 Å². The Labute approximate surface area is 132 Å². The number of hydrogen-bond donors (Lipinski definition) is 1. The molecule has 2 N–H and O–H groups in total. The van der Waals surface area contributed by atoms with Crippen LogP contribution in [0.4, 0.5) is 0 Å². The van der Waals surface area contributed by atoms with Crippen LogP contribution >= 0.6 is 0 Å². The van der Waals surface area contributed by atoms with E-state index in [0.717, 1.165) is 36.8 Å². The number of aromatic nitrogens is 1. The maximum absolute atomic E-state index is 12.1. The summed E-state index contributed by atoms with van der Waals surface area (Å²) >= 11 is 0. The molecule has 1 aromatic carbocycles. The van der Waals surface area contributed by atoms with Crippen molar-refractivity contribution in [2.45, 2.75) is 45.8 Å². The van der Waals surface area contributed by atoms with Crippen molar-refractivity contribution in [1.82, 2.24) is 9.47 Å². The quantitative estimate of drug-likeness (QED) is 0.855. The minimum absolute atomic E-state index is 0.0809. The molecule has 4 heteroatoms. The standard InChI is InChI=1S/C18H27N3O/c1-4-20(5-2)18(11-10-14(3)19)21-13-12-17(22)15-8-6-7-9-16(15)21/h6-9,12-14,18H,4-5,10-11,19H2,1-3H3. The van der Waals surface area contributed by atoms with Gasteiger partial charge < -0.3 is 10.3 Å². The van der Waals surface area contributed by atoms with Crippen LogP contribution in [0.25, 0.3) is 10.9 Å². The fraction of sp³-hybridized carbons (Fsp3) is 0.500. The zero-order chi connectivity index (χ0) is 16.1. The van der Waals surface area contributed by atoms with Crippen LogP contribution in [0, 0.1) is 0 Å². The molecule has 0 amide bonds. The Hall–Kier alpha value is -1.65. The summed E-state index contributed by atoms with van der Waals surface area (Å²) in [6.07, 6.45) is 4.09. The fourth-order valence-corrected chi connectivity index (χ4v) is 3.04. The van der Waals surface area contributed by atoms with E-state index in [9.17, 15) is 4.79 Å². The number of fused-ring (bicyclic) bond motifs is 1. The number of rotatable bonds is 7. The summed E-state index contributed by atoms with van der Waals surface area (Å²) in [5, 5.41) is 0.781. The average molecular weight is 301 g/mol. The van der Waals surface area contributed by atoms with Crippen molar-refractivity contribution in [3.8, 4) is 0 Å². The Kier molecular flexibility index (Phi) is 5.75. The van der Waals surface area contributed by atoms with E-state index >= 15 is 0 Å². The van der Waals surface area contributed by atoms with Crippen LogP contribution in [0.15, 0.2) is 41.3 Å². The molecule has 0 radical (unpaired) electrons. The van der Waals surface area contributed by atoms with Gasteiger partial charge in [0.2, 0.25) is 0 Å². The first-order chi connectivity index (χ1) is 10.6. The van der Waals surface area contributed by atoms with Crippen LogP contribution in [0.1, 0.15) is 39.8 Å². The molecule has 1 aromatic heterocycles. The van der Waals surface area contributed by atoms with Crippen LogP contribution in [-0.4, -0.2) is 28.6 Å². The van der Waals surface area contributed by atoms with Crippen LogP contribution in [-0.2, 0) is 0 Å². The third-order valence-electron chi connectivity index (χ3n) is 4.27. The Bertz CT molecular complexity index is 659. The van der Waals surface area contributed by atoms with Crippen LogP contribution in [0.3, 0.4) is 0 Å². The highest BCUT2D eigenvalue weighted by Gasteiger charge is 2.19. The summed E-state index contributed by atoms with van der Waals surface area (Å²) in [6.45, 7) is 8.34. The molecule has 0 aliphatic carbocycles. The van der Waals surface area contributed by atoms with Gasteiger partial charge in [-0.25, -0.2) is 0 Å². The molecule has 4 nitrogen and oxygen atoms in total. The minimum atomic E-state index is 0.0809. The van der Waals surface area contributed by atoms with Crippen molar-refractivity contribution in [3.63, 3.8) is 0 Å². The second kappa shape index (κ2) is 7.56. The summed E-state index contributed by atoms with van der Waals surface area (Å²) in [6, 6.07) is 9.69. The third kappa shape index (κ3) is 3.57. The molecule has 0 bridgehead atoms. The molecule has 0 fully saturated rings. The maximum Gasteiger partial charge on any atom is 0.189 e. The van der Waals surface area contributed by atoms with Gasteiger partial charge in [-0.2, -0.15) is 0 Å². The number of pyridine rings is 1. The van der Waals surface area contributed by atoms with E-state index in [-0.39, 0.29) is 17.6 Å². The Balaban J connectivity index is 2.51. The Morgan fingerprint density at radius 3 is 2.45 bits per heavy atom. The van der Waals surface area contributed by atoms with Crippen molar-refractivity contribution in [3.05, 3.63) is 46.8 Å². The van der Waals surface area contributed by atoms with E-state index in [0.29, 0.717) is 0 Å². The Morgan fingerprint density at radius 1 is 1.14 bits per heavy atom. The van der Waals surface area contributed by atoms with E-state index in [1.165, 1.54) is 0 Å². The van der Waals surface area contributed by atoms with Gasteiger partial charge in [-0.3, -0.25) is 9.69 Å². The topological polar surface area (TPSA) is 51.3 Å². The molecule has 2 unspecified atom stereocenters. The van der Waals surface area contributed by atoms with Crippen LogP contribution in [0.2, 0.25) is 0 Å². The summed E-state index contributed by atoms with van der Waals surface area (Å²) in [4.78, 5) is 14.5. The molecule has 120 valence electrons. The summed E-state index contributed by atoms with van der Waals surface area (Å²) in [5.41, 5.74) is 7.04. The lowest BCUT2D eigenvalue weighted by molar-refractivity contribution is 0.144. The molecule has 22 heavy (non-hydrogen) atoms. The molecule has 0 saturated heterocycles. The lowest BCUT2D eigenvalue weighted by Crippen LogP contribution is -2.34. The summed E-state index contributed by atoms with van der Waals surface area (Å²) in [5.74, 6) is 0. The normalized spacial score (nSPS) is 14.4. The first kappa shape index (κ1) is 16.7. The summed E-state index contributed by atoms with van der Waals surface area (Å²) < 4.78 is 2.23. The highest BCUT2D eigenvalue weighted by Crippen LogP contribution is 2.23. The molecule has 2 rings (SSSR count). The number of nitrogens with two attached hydrogens (primary N) is 1. The van der Waals surface area contributed by atoms with Gasteiger partial charge in [-0.1, -0.05) is 26.0 Å². The molecule has 0 aliphatic rings. The highest BCUT2D eigenvalue weighted by molar-refractivity contribution is 5.78. The van der Waals surface area contributed by atoms with Gasteiger partial charge in [0.1, 0.15) is 0 Å². The monoisotopic (exact) mass is 301 g/mol. The van der Waals surface area contributed by atoms with Gasteiger partial charge in [0, 0.05) is 23.7 Å². The van der Waals surface area contributed by atoms with Crippen LogP contribution in [0.5, 0.6) is 0 Å². The van der Waals surface area contributed by atoms with Crippen molar-refractivity contribution in [1.29, 1.82) is 0 Å². The summed E-state index contributed by atoms with van der Waals surface area (Å²) in [7, 11) is 0. The first-order valence-electron chi connectivity index (χ1n) is 8.18. The maximum atomic E-state index is 12.1. The molecule has 2 aromatic rings. The molecule has 1 heterocycles. The second-order valence-corrected chi connectivity index (χ2v) is 5.86. The smallest absolute Gasteiger partial charge is 0.189 e. The lowest BCUT2D eigenvalue weighted by atomic mass is 10.1. The van der Waals surface area contributed by atoms with Gasteiger partial charge in [0.05, 0.1) is 11.7 Å². The predicted molar refractivity (Wildman–Crippen MR) is 93.0 cm³/mol. The third-order valence-corrected chi connectivity index (χ3v) is 4.27. The van der Waals surface area contributed by atoms with Crippen molar-refractivity contribution in [2.24, 2.45) is 5.73 Å². The predicted octanol–water partition coefficient (Wildman–Crippen LogP) is 2.97. The lowest BCUT2D eigenvalue weighted by Gasteiger charge is -2.33. The van der Waals surface area contributed by atoms with E-state index < -0.39 is 0 Å². The average Bonchev–Trinajstić information content (AvgIpc) is 2.52. The van der Waals surface area contributed by atoms with Gasteiger partial charge in [-0.05, 0) is 45.0 Å². The fourth-order valence-electron chi connectivity index (χ4n) is 3.04. The molecular formula is C18H27N3O. The van der Waals surface area contributed by atoms with Gasteiger partial charge in [0.25, 0.3) is 0 Å². The molecule has 0 aliphatic heterocycles. The van der Waals surface area contributed by atoms with E-state index in [2.05, 4.69) is 23.3 Å². The zero-order valence-electron chi connectivity index (χ0n) is 13.8. The van der Waals surface area contributed by atoms with Crippen molar-refractivity contribution >= 4 is 10.9 Å². The van der Waals surface area contributed by atoms with E-state index in [1.54, 1.807) is 6.07 Å². The second-order valence-electron chi connectivity index (χ2n) is 5.86. The number of benzene rings is 1. The largest absolute Gasteiger partial charge is 0.331 e. The molecule has 2 atom stereocenters. The number of nitrogens with zero attached hydrogens (tertiary/aromatic N) is 2. The van der Waals surface area contributed by atoms with E-state index in [4.69, 9.17) is 5.73 Å². The van der Waals surface area contributed by atoms with Gasteiger partial charge in [-0.15, -0.1) is 0 Å². The molecule has 0 spiro atoms. The highest BCUT2D eigenvalue weighted by atomic mass is 16.1. The first-order valence-corrected chi connectivity index (χ1v) is 8.18. The number of para-hydroxylation sites is 1. The zero-order valence-corrected chi connectivity index (χ0v) is 13.8.